The molecule has 20 heavy (non-hydrogen) atoms. The third-order valence-corrected chi connectivity index (χ3v) is 3.06. The Morgan fingerprint density at radius 2 is 2.10 bits per heavy atom. The molecule has 0 saturated heterocycles. The highest BCUT2D eigenvalue weighted by molar-refractivity contribution is 7.13. The number of rotatable bonds is 5. The van der Waals surface area contributed by atoms with Crippen molar-refractivity contribution < 1.29 is 10.0 Å². The second kappa shape index (κ2) is 6.53. The van der Waals surface area contributed by atoms with Crippen LogP contribution in [0.2, 0.25) is 0 Å². The van der Waals surface area contributed by atoms with Crippen molar-refractivity contribution in [3.8, 4) is 0 Å². The number of aromatic nitrogens is 1. The lowest BCUT2D eigenvalue weighted by Crippen LogP contribution is -2.25. The van der Waals surface area contributed by atoms with Crippen LogP contribution in [0.15, 0.2) is 46.0 Å². The van der Waals surface area contributed by atoms with Crippen LogP contribution in [0.1, 0.15) is 11.3 Å². The highest BCUT2D eigenvalue weighted by atomic mass is 32.1. The molecule has 0 atom stereocenters. The van der Waals surface area contributed by atoms with Crippen molar-refractivity contribution >= 4 is 28.0 Å². The SMILES string of the molecule is NC(=N\O)/C(=N\OCc1csc(N)n1)c1ccccc1. The number of hydrogen-bond acceptors (Lipinski definition) is 7. The van der Waals surface area contributed by atoms with Gasteiger partial charge in [-0.25, -0.2) is 4.98 Å². The zero-order valence-electron chi connectivity index (χ0n) is 10.4. The lowest BCUT2D eigenvalue weighted by atomic mass is 10.1. The van der Waals surface area contributed by atoms with Crippen LogP contribution in [0.3, 0.4) is 0 Å². The van der Waals surface area contributed by atoms with Gasteiger partial charge >= 0.3 is 0 Å². The quantitative estimate of drug-likeness (QED) is 0.333. The topological polar surface area (TPSA) is 119 Å². The van der Waals surface area contributed by atoms with Crippen molar-refractivity contribution in [1.29, 1.82) is 0 Å². The normalized spacial score (nSPS) is 12.4. The molecule has 1 heterocycles. The molecule has 1 aromatic heterocycles. The highest BCUT2D eigenvalue weighted by Crippen LogP contribution is 2.12. The van der Waals surface area contributed by atoms with Gasteiger partial charge in [0, 0.05) is 10.9 Å². The second-order valence-electron chi connectivity index (χ2n) is 3.74. The predicted octanol–water partition coefficient (Wildman–Crippen LogP) is 1.39. The number of hydrogen-bond donors (Lipinski definition) is 3. The van der Waals surface area contributed by atoms with E-state index in [1.807, 2.05) is 18.2 Å². The summed E-state index contributed by atoms with van der Waals surface area (Å²) in [5, 5.41) is 17.9. The molecular formula is C12H13N5O2S. The van der Waals surface area contributed by atoms with Gasteiger partial charge in [-0.3, -0.25) is 0 Å². The van der Waals surface area contributed by atoms with E-state index in [1.54, 1.807) is 17.5 Å². The van der Waals surface area contributed by atoms with Gasteiger partial charge in [0.25, 0.3) is 0 Å². The van der Waals surface area contributed by atoms with Gasteiger partial charge in [-0.15, -0.1) is 11.3 Å². The van der Waals surface area contributed by atoms with Crippen molar-refractivity contribution in [2.45, 2.75) is 6.61 Å². The molecule has 0 bridgehead atoms. The minimum Gasteiger partial charge on any atom is -0.409 e. The first kappa shape index (κ1) is 13.8. The lowest BCUT2D eigenvalue weighted by Gasteiger charge is -2.04. The Hall–Kier alpha value is -2.61. The fourth-order valence-corrected chi connectivity index (χ4v) is 1.99. The summed E-state index contributed by atoms with van der Waals surface area (Å²) in [5.74, 6) is -0.131. The molecule has 0 fully saturated rings. The molecule has 104 valence electrons. The highest BCUT2D eigenvalue weighted by Gasteiger charge is 2.10. The zero-order valence-corrected chi connectivity index (χ0v) is 11.2. The zero-order chi connectivity index (χ0) is 14.4. The molecule has 0 aliphatic heterocycles. The minimum atomic E-state index is -0.131. The number of amidine groups is 1. The number of nitrogens with zero attached hydrogens (tertiary/aromatic N) is 3. The minimum absolute atomic E-state index is 0.131. The average molecular weight is 291 g/mol. The smallest absolute Gasteiger partial charge is 0.192 e. The summed E-state index contributed by atoms with van der Waals surface area (Å²) in [6.07, 6.45) is 0. The molecule has 1 aromatic carbocycles. The largest absolute Gasteiger partial charge is 0.409 e. The van der Waals surface area contributed by atoms with Crippen LogP contribution in [0.25, 0.3) is 0 Å². The van der Waals surface area contributed by atoms with Gasteiger partial charge in [-0.05, 0) is 0 Å². The van der Waals surface area contributed by atoms with Crippen LogP contribution < -0.4 is 11.5 Å². The Bertz CT molecular complexity index is 624. The van der Waals surface area contributed by atoms with Gasteiger partial charge in [0.05, 0.1) is 5.69 Å². The molecule has 7 nitrogen and oxygen atoms in total. The summed E-state index contributed by atoms with van der Waals surface area (Å²) in [5.41, 5.74) is 12.7. The van der Waals surface area contributed by atoms with E-state index in [-0.39, 0.29) is 18.2 Å². The maximum absolute atomic E-state index is 8.79. The molecule has 2 rings (SSSR count). The number of thiazole rings is 1. The van der Waals surface area contributed by atoms with E-state index in [4.69, 9.17) is 21.5 Å². The molecule has 0 saturated carbocycles. The Balaban J connectivity index is 2.13. The van der Waals surface area contributed by atoms with Gasteiger partial charge in [0.15, 0.2) is 23.3 Å². The molecule has 8 heteroatoms. The summed E-state index contributed by atoms with van der Waals surface area (Å²) in [6.45, 7) is 0.155. The van der Waals surface area contributed by atoms with E-state index in [0.717, 1.165) is 0 Å². The van der Waals surface area contributed by atoms with E-state index in [0.29, 0.717) is 16.4 Å². The monoisotopic (exact) mass is 291 g/mol. The molecule has 0 amide bonds. The van der Waals surface area contributed by atoms with E-state index in [2.05, 4.69) is 15.3 Å². The third kappa shape index (κ3) is 3.45. The number of anilines is 1. The van der Waals surface area contributed by atoms with Crippen molar-refractivity contribution in [1.82, 2.24) is 4.98 Å². The Morgan fingerprint density at radius 3 is 2.70 bits per heavy atom. The molecular weight excluding hydrogens is 278 g/mol. The van der Waals surface area contributed by atoms with Crippen LogP contribution in [0.5, 0.6) is 0 Å². The maximum Gasteiger partial charge on any atom is 0.192 e. The first-order chi connectivity index (χ1) is 9.70. The molecule has 0 aliphatic carbocycles. The van der Waals surface area contributed by atoms with E-state index >= 15 is 0 Å². The van der Waals surface area contributed by atoms with Gasteiger partial charge < -0.3 is 21.5 Å². The summed E-state index contributed by atoms with van der Waals surface area (Å²) >= 11 is 1.32. The Labute approximate surface area is 119 Å². The fraction of sp³-hybridized carbons (Fsp3) is 0.0833. The summed E-state index contributed by atoms with van der Waals surface area (Å²) < 4.78 is 0. The van der Waals surface area contributed by atoms with Gasteiger partial charge in [-0.2, -0.15) is 0 Å². The van der Waals surface area contributed by atoms with Crippen LogP contribution in [0, 0.1) is 0 Å². The fourth-order valence-electron chi connectivity index (χ4n) is 1.44. The number of nitrogen functional groups attached to an aromatic ring is 1. The predicted molar refractivity (Wildman–Crippen MR) is 77.7 cm³/mol. The molecule has 0 aliphatic rings. The van der Waals surface area contributed by atoms with Crippen molar-refractivity contribution in [3.63, 3.8) is 0 Å². The van der Waals surface area contributed by atoms with Gasteiger partial charge in [-0.1, -0.05) is 40.6 Å². The molecule has 5 N–H and O–H groups in total. The summed E-state index contributed by atoms with van der Waals surface area (Å²) in [6, 6.07) is 9.04. The first-order valence-corrected chi connectivity index (χ1v) is 6.52. The van der Waals surface area contributed by atoms with E-state index in [1.165, 1.54) is 11.3 Å². The maximum atomic E-state index is 8.79. The Kier molecular flexibility index (Phi) is 4.51. The molecule has 0 spiro atoms. The standard InChI is InChI=1S/C12H13N5O2S/c13-11(16-18)10(8-4-2-1-3-5-8)17-19-6-9-7-20-12(14)15-9/h1-5,7,18H,6H2,(H2,13,16)(H2,14,15)/b17-10-. The molecule has 0 unspecified atom stereocenters. The average Bonchev–Trinajstić information content (AvgIpc) is 2.89. The number of benzene rings is 1. The van der Waals surface area contributed by atoms with Crippen LogP contribution in [0.4, 0.5) is 5.13 Å². The summed E-state index contributed by atoms with van der Waals surface area (Å²) in [4.78, 5) is 9.21. The Morgan fingerprint density at radius 1 is 1.35 bits per heavy atom. The van der Waals surface area contributed by atoms with E-state index in [9.17, 15) is 0 Å². The first-order valence-electron chi connectivity index (χ1n) is 5.64. The molecule has 0 radical (unpaired) electrons. The van der Waals surface area contributed by atoms with Gasteiger partial charge in [0.2, 0.25) is 0 Å². The van der Waals surface area contributed by atoms with Crippen LogP contribution in [-0.2, 0) is 11.4 Å². The van der Waals surface area contributed by atoms with Crippen LogP contribution in [-0.4, -0.2) is 21.7 Å². The van der Waals surface area contributed by atoms with Crippen molar-refractivity contribution in [3.05, 3.63) is 47.0 Å². The van der Waals surface area contributed by atoms with E-state index < -0.39 is 0 Å². The lowest BCUT2D eigenvalue weighted by molar-refractivity contribution is 0.129. The third-order valence-electron chi connectivity index (χ3n) is 2.34. The number of oxime groups is 2. The van der Waals surface area contributed by atoms with Crippen molar-refractivity contribution in [2.24, 2.45) is 16.0 Å². The van der Waals surface area contributed by atoms with Crippen molar-refractivity contribution in [2.75, 3.05) is 5.73 Å². The van der Waals surface area contributed by atoms with Crippen LogP contribution >= 0.6 is 11.3 Å². The summed E-state index contributed by atoms with van der Waals surface area (Å²) in [7, 11) is 0. The second-order valence-corrected chi connectivity index (χ2v) is 4.63. The van der Waals surface area contributed by atoms with Gasteiger partial charge in [0.1, 0.15) is 0 Å². The molecule has 2 aromatic rings. The number of nitrogens with two attached hydrogens (primary N) is 2.